The molecule has 1 aliphatic carbocycles. The molecular weight excluding hydrogens is 506 g/mol. The lowest BCUT2D eigenvalue weighted by molar-refractivity contribution is -0.137. The number of piperidine rings is 1. The maximum atomic E-state index is 13.4. The van der Waals surface area contributed by atoms with Gasteiger partial charge in [-0.15, -0.1) is 0 Å². The molecule has 1 saturated heterocycles. The fourth-order valence-electron chi connectivity index (χ4n) is 6.36. The zero-order valence-corrected chi connectivity index (χ0v) is 25.5. The van der Waals surface area contributed by atoms with Crippen LogP contribution in [-0.2, 0) is 20.9 Å². The molecule has 8 heteroatoms. The number of hydrogen-bond donors (Lipinski definition) is 0. The zero-order chi connectivity index (χ0) is 29.4. The van der Waals surface area contributed by atoms with Crippen molar-refractivity contribution in [2.24, 2.45) is 5.92 Å². The number of likely N-dealkylation sites (tertiary alicyclic amines) is 1. The third kappa shape index (κ3) is 6.01. The quantitative estimate of drug-likeness (QED) is 0.417. The van der Waals surface area contributed by atoms with Crippen LogP contribution in [0.4, 0.5) is 0 Å². The number of amides is 2. The molecule has 2 heterocycles. The van der Waals surface area contributed by atoms with E-state index < -0.39 is 5.54 Å². The Morgan fingerprint density at radius 2 is 1.82 bits per heavy atom. The monoisotopic (exact) mass is 553 g/mol. The standard InChI is InChI=1S/C30H41N3O5.C2H6/c1-7-33(20-34)30(11-13-32(14-12-30)29(35)22-9-8-10-24(16-22)36-4)27-15-21(2)28-23(19-31(27)3)17-25(37-5)18-26(28)38-6;1-2/h8-10,15,17-18,20-22H,7,11-14,16,19H2,1-6H3;1-2H3/t21-,22?;/m0./s1. The Morgan fingerprint density at radius 3 is 2.40 bits per heavy atom. The molecule has 0 aromatic heterocycles. The van der Waals surface area contributed by atoms with Crippen molar-refractivity contribution in [3.63, 3.8) is 0 Å². The summed E-state index contributed by atoms with van der Waals surface area (Å²) in [6.07, 6.45) is 11.0. The Balaban J connectivity index is 0.00000216. The Labute approximate surface area is 240 Å². The van der Waals surface area contributed by atoms with Crippen LogP contribution in [-0.4, -0.2) is 80.6 Å². The highest BCUT2D eigenvalue weighted by Gasteiger charge is 2.46. The molecule has 1 fully saturated rings. The normalized spacial score (nSPS) is 21.5. The van der Waals surface area contributed by atoms with Gasteiger partial charge < -0.3 is 28.9 Å². The van der Waals surface area contributed by atoms with Gasteiger partial charge in [0.1, 0.15) is 11.5 Å². The number of carbonyl (C=O) groups is 2. The first-order valence-corrected chi connectivity index (χ1v) is 14.4. The van der Waals surface area contributed by atoms with Gasteiger partial charge in [0.15, 0.2) is 0 Å². The van der Waals surface area contributed by atoms with Gasteiger partial charge in [0.2, 0.25) is 12.3 Å². The third-order valence-electron chi connectivity index (χ3n) is 8.36. The zero-order valence-electron chi connectivity index (χ0n) is 25.5. The van der Waals surface area contributed by atoms with Crippen molar-refractivity contribution in [3.05, 3.63) is 59.0 Å². The van der Waals surface area contributed by atoms with E-state index in [0.29, 0.717) is 45.4 Å². The first-order chi connectivity index (χ1) is 19.3. The lowest BCUT2D eigenvalue weighted by Gasteiger charge is -2.51. The average molecular weight is 554 g/mol. The van der Waals surface area contributed by atoms with Crippen molar-refractivity contribution in [1.82, 2.24) is 14.7 Å². The molecule has 0 saturated carbocycles. The largest absolute Gasteiger partial charge is 0.501 e. The molecular formula is C32H47N3O5. The van der Waals surface area contributed by atoms with Gasteiger partial charge in [-0.1, -0.05) is 39.0 Å². The van der Waals surface area contributed by atoms with E-state index in [4.69, 9.17) is 14.2 Å². The molecule has 0 bridgehead atoms. The third-order valence-corrected chi connectivity index (χ3v) is 8.36. The van der Waals surface area contributed by atoms with Crippen LogP contribution in [0.15, 0.2) is 47.9 Å². The second-order valence-electron chi connectivity index (χ2n) is 10.4. The summed E-state index contributed by atoms with van der Waals surface area (Å²) in [6, 6.07) is 4.01. The van der Waals surface area contributed by atoms with Crippen molar-refractivity contribution < 1.29 is 23.8 Å². The number of methoxy groups -OCH3 is 3. The average Bonchev–Trinajstić information content (AvgIpc) is 3.13. The van der Waals surface area contributed by atoms with E-state index in [2.05, 4.69) is 31.0 Å². The number of allylic oxidation sites excluding steroid dienone is 4. The van der Waals surface area contributed by atoms with Crippen molar-refractivity contribution in [2.75, 3.05) is 48.0 Å². The van der Waals surface area contributed by atoms with Gasteiger partial charge in [0.05, 0.1) is 38.5 Å². The summed E-state index contributed by atoms with van der Waals surface area (Å²) >= 11 is 0. The van der Waals surface area contributed by atoms with Gasteiger partial charge in [-0.05, 0) is 37.5 Å². The predicted octanol–water partition coefficient (Wildman–Crippen LogP) is 5.11. The molecule has 2 aliphatic heterocycles. The molecule has 2 atom stereocenters. The van der Waals surface area contributed by atoms with Gasteiger partial charge in [-0.2, -0.15) is 0 Å². The molecule has 3 aliphatic rings. The van der Waals surface area contributed by atoms with Crippen molar-refractivity contribution in [1.29, 1.82) is 0 Å². The number of carbonyl (C=O) groups excluding carboxylic acids is 2. The van der Waals surface area contributed by atoms with Gasteiger partial charge in [-0.3, -0.25) is 9.59 Å². The molecule has 0 radical (unpaired) electrons. The van der Waals surface area contributed by atoms with E-state index in [1.54, 1.807) is 21.3 Å². The van der Waals surface area contributed by atoms with Crippen molar-refractivity contribution in [3.8, 4) is 11.5 Å². The van der Waals surface area contributed by atoms with Crippen molar-refractivity contribution in [2.45, 2.75) is 65.0 Å². The summed E-state index contributed by atoms with van der Waals surface area (Å²) in [5.74, 6) is 2.36. The lowest BCUT2D eigenvalue weighted by Crippen LogP contribution is -2.59. The Morgan fingerprint density at radius 1 is 1.12 bits per heavy atom. The van der Waals surface area contributed by atoms with Crippen LogP contribution in [0.5, 0.6) is 11.5 Å². The van der Waals surface area contributed by atoms with Gasteiger partial charge in [0.25, 0.3) is 0 Å². The number of hydrogen-bond acceptors (Lipinski definition) is 6. The van der Waals surface area contributed by atoms with E-state index in [0.717, 1.165) is 40.5 Å². The molecule has 40 heavy (non-hydrogen) atoms. The second-order valence-corrected chi connectivity index (χ2v) is 10.4. The highest BCUT2D eigenvalue weighted by Crippen LogP contribution is 2.44. The van der Waals surface area contributed by atoms with Crippen LogP contribution in [0.2, 0.25) is 0 Å². The molecule has 8 nitrogen and oxygen atoms in total. The lowest BCUT2D eigenvalue weighted by atomic mass is 9.80. The van der Waals surface area contributed by atoms with Crippen LogP contribution in [0, 0.1) is 5.92 Å². The molecule has 1 aromatic carbocycles. The molecule has 2 amide bonds. The number of nitrogens with zero attached hydrogens (tertiary/aromatic N) is 3. The fraction of sp³-hybridized carbons (Fsp3) is 0.562. The van der Waals surface area contributed by atoms with Crippen LogP contribution in [0.3, 0.4) is 0 Å². The number of rotatable bonds is 8. The summed E-state index contributed by atoms with van der Waals surface area (Å²) in [4.78, 5) is 32.0. The first-order valence-electron chi connectivity index (χ1n) is 14.4. The summed E-state index contributed by atoms with van der Waals surface area (Å²) in [7, 11) is 7.08. The highest BCUT2D eigenvalue weighted by molar-refractivity contribution is 5.81. The Hall–Kier alpha value is -3.42. The highest BCUT2D eigenvalue weighted by atomic mass is 16.5. The molecule has 1 unspecified atom stereocenters. The van der Waals surface area contributed by atoms with Crippen LogP contribution in [0.25, 0.3) is 0 Å². The minimum Gasteiger partial charge on any atom is -0.501 e. The fourth-order valence-corrected chi connectivity index (χ4v) is 6.36. The van der Waals surface area contributed by atoms with Gasteiger partial charge >= 0.3 is 0 Å². The topological polar surface area (TPSA) is 71.6 Å². The Bertz CT molecular complexity index is 1130. The Kier molecular flexibility index (Phi) is 10.7. The molecule has 220 valence electrons. The molecule has 4 rings (SSSR count). The SMILES string of the molecule is CC.CCN(C=O)C1(C2=C[C@H](C)c3c(cc(OC)cc3OC)CN2C)CCN(C(=O)C2C=CC=C(OC)C2)CC1. The second kappa shape index (κ2) is 13.8. The van der Waals surface area contributed by atoms with E-state index in [1.165, 1.54) is 0 Å². The van der Waals surface area contributed by atoms with Crippen molar-refractivity contribution >= 4 is 12.3 Å². The number of benzene rings is 1. The molecule has 0 spiro atoms. The molecule has 1 aromatic rings. The molecule has 0 N–H and O–H groups in total. The minimum absolute atomic E-state index is 0.0688. The minimum atomic E-state index is -0.504. The first kappa shape index (κ1) is 31.1. The summed E-state index contributed by atoms with van der Waals surface area (Å²) in [5.41, 5.74) is 2.89. The van der Waals surface area contributed by atoms with E-state index in [1.807, 2.05) is 54.9 Å². The predicted molar refractivity (Wildman–Crippen MR) is 158 cm³/mol. The number of fused-ring (bicyclic) bond motifs is 1. The van der Waals surface area contributed by atoms with E-state index in [-0.39, 0.29) is 17.7 Å². The van der Waals surface area contributed by atoms with Gasteiger partial charge in [0, 0.05) is 62.9 Å². The summed E-state index contributed by atoms with van der Waals surface area (Å²) < 4.78 is 16.7. The van der Waals surface area contributed by atoms with Crippen LogP contribution >= 0.6 is 0 Å². The number of likely N-dealkylation sites (N-methyl/N-ethyl adjacent to an activating group) is 2. The van der Waals surface area contributed by atoms with Crippen LogP contribution < -0.4 is 9.47 Å². The van der Waals surface area contributed by atoms with Gasteiger partial charge in [-0.25, -0.2) is 0 Å². The smallest absolute Gasteiger partial charge is 0.229 e. The van der Waals surface area contributed by atoms with E-state index in [9.17, 15) is 9.59 Å². The summed E-state index contributed by atoms with van der Waals surface area (Å²) in [5, 5.41) is 0. The maximum Gasteiger partial charge on any atom is 0.229 e. The van der Waals surface area contributed by atoms with E-state index >= 15 is 0 Å². The maximum absolute atomic E-state index is 13.4. The van der Waals surface area contributed by atoms with Crippen LogP contribution in [0.1, 0.15) is 64.0 Å². The number of ether oxygens (including phenoxy) is 3. The summed E-state index contributed by atoms with van der Waals surface area (Å²) in [6.45, 7) is 10.6.